The van der Waals surface area contributed by atoms with Gasteiger partial charge in [0.1, 0.15) is 12.9 Å². The predicted octanol–water partition coefficient (Wildman–Crippen LogP) is 1.13. The second-order valence-electron chi connectivity index (χ2n) is 4.80. The van der Waals surface area contributed by atoms with Crippen LogP contribution in [0.2, 0.25) is 0 Å². The Balaban J connectivity index is 1.84. The van der Waals surface area contributed by atoms with Crippen molar-refractivity contribution >= 4 is 17.3 Å². The molecule has 2 N–H and O–H groups in total. The highest BCUT2D eigenvalue weighted by Gasteiger charge is 2.03. The molecule has 0 amide bonds. The summed E-state index contributed by atoms with van der Waals surface area (Å²) in [6, 6.07) is 0. The van der Waals surface area contributed by atoms with Crippen LogP contribution >= 0.6 is 11.3 Å². The molecule has 2 rings (SSSR count). The van der Waals surface area contributed by atoms with E-state index in [-0.39, 0.29) is 0 Å². The van der Waals surface area contributed by atoms with Crippen molar-refractivity contribution in [2.45, 2.75) is 33.2 Å². The molecule has 2 aromatic rings. The molecule has 0 fully saturated rings. The van der Waals surface area contributed by atoms with Crippen LogP contribution in [0.5, 0.6) is 0 Å². The fourth-order valence-corrected chi connectivity index (χ4v) is 2.72. The maximum absolute atomic E-state index is 4.52. The maximum Gasteiger partial charge on any atom is 0.191 e. The fourth-order valence-electron chi connectivity index (χ4n) is 1.86. The molecular weight excluding hydrogens is 298 g/mol. The van der Waals surface area contributed by atoms with Crippen LogP contribution in [0.4, 0.5) is 0 Å². The van der Waals surface area contributed by atoms with E-state index >= 15 is 0 Å². The summed E-state index contributed by atoms with van der Waals surface area (Å²) in [6.45, 7) is 6.33. The number of hydrogen-bond acceptors (Lipinski definition) is 5. The van der Waals surface area contributed by atoms with Gasteiger partial charge in [-0.1, -0.05) is 6.92 Å². The van der Waals surface area contributed by atoms with E-state index in [1.165, 1.54) is 4.88 Å². The summed E-state index contributed by atoms with van der Waals surface area (Å²) >= 11 is 1.78. The highest BCUT2D eigenvalue weighted by Crippen LogP contribution is 2.13. The summed E-state index contributed by atoms with van der Waals surface area (Å²) in [5, 5.41) is 15.6. The van der Waals surface area contributed by atoms with Gasteiger partial charge in [-0.25, -0.2) is 9.98 Å². The van der Waals surface area contributed by atoms with E-state index in [9.17, 15) is 0 Å². The van der Waals surface area contributed by atoms with Crippen molar-refractivity contribution in [2.24, 2.45) is 12.0 Å². The summed E-state index contributed by atoms with van der Waals surface area (Å²) in [7, 11) is 1.92. The molecule has 0 aliphatic heterocycles. The van der Waals surface area contributed by atoms with Crippen molar-refractivity contribution in [2.75, 3.05) is 13.1 Å². The molecule has 0 aliphatic carbocycles. The quantitative estimate of drug-likeness (QED) is 0.590. The molecule has 0 unspecified atom stereocenters. The molecule has 0 spiro atoms. The molecule has 0 saturated carbocycles. The molecule has 7 nitrogen and oxygen atoms in total. The maximum atomic E-state index is 4.52. The number of nitrogens with one attached hydrogen (secondary N) is 2. The van der Waals surface area contributed by atoms with Gasteiger partial charge in [-0.3, -0.25) is 0 Å². The first kappa shape index (κ1) is 16.4. The van der Waals surface area contributed by atoms with Crippen LogP contribution in [0, 0.1) is 0 Å². The summed E-state index contributed by atoms with van der Waals surface area (Å²) in [6.07, 6.45) is 5.60. The minimum absolute atomic E-state index is 0.503. The Morgan fingerprint density at radius 1 is 1.36 bits per heavy atom. The molecule has 8 heteroatoms. The molecule has 0 saturated heterocycles. The fraction of sp³-hybridized carbons (Fsp3) is 0.571. The van der Waals surface area contributed by atoms with Gasteiger partial charge >= 0.3 is 0 Å². The van der Waals surface area contributed by atoms with Crippen LogP contribution in [0.3, 0.4) is 0 Å². The highest BCUT2D eigenvalue weighted by atomic mass is 32.1. The van der Waals surface area contributed by atoms with Crippen LogP contribution in [0.15, 0.2) is 17.5 Å². The van der Waals surface area contributed by atoms with Crippen LogP contribution in [0.1, 0.15) is 29.6 Å². The van der Waals surface area contributed by atoms with Gasteiger partial charge in [0, 0.05) is 37.6 Å². The molecule has 0 aromatic carbocycles. The van der Waals surface area contributed by atoms with Crippen molar-refractivity contribution in [3.63, 3.8) is 0 Å². The Bertz CT molecular complexity index is 602. The number of aromatic nitrogens is 4. The van der Waals surface area contributed by atoms with Crippen LogP contribution in [0.25, 0.3) is 0 Å². The van der Waals surface area contributed by atoms with Crippen LogP contribution < -0.4 is 10.6 Å². The third kappa shape index (κ3) is 4.80. The first-order valence-corrected chi connectivity index (χ1v) is 8.33. The van der Waals surface area contributed by atoms with Gasteiger partial charge in [0.2, 0.25) is 0 Å². The molecule has 2 heterocycles. The number of aliphatic imine (C=N–C) groups is 1. The predicted molar refractivity (Wildman–Crippen MR) is 89.0 cm³/mol. The second-order valence-corrected chi connectivity index (χ2v) is 6.00. The van der Waals surface area contributed by atoms with E-state index < -0.39 is 0 Å². The van der Waals surface area contributed by atoms with Crippen molar-refractivity contribution in [1.82, 2.24) is 30.4 Å². The molecule has 0 atom stereocenters. The Kier molecular flexibility index (Phi) is 6.32. The van der Waals surface area contributed by atoms with Gasteiger partial charge in [-0.15, -0.1) is 21.5 Å². The number of aryl methyl sites for hydroxylation is 2. The molecule has 0 aliphatic rings. The zero-order valence-electron chi connectivity index (χ0n) is 13.3. The van der Waals surface area contributed by atoms with E-state index in [1.807, 2.05) is 24.7 Å². The molecule has 0 bridgehead atoms. The molecular formula is C14H23N7S. The van der Waals surface area contributed by atoms with Gasteiger partial charge in [0.25, 0.3) is 0 Å². The van der Waals surface area contributed by atoms with Crippen molar-refractivity contribution in [3.05, 3.63) is 28.2 Å². The van der Waals surface area contributed by atoms with Gasteiger partial charge in [0.05, 0.1) is 5.01 Å². The molecule has 120 valence electrons. The van der Waals surface area contributed by atoms with Gasteiger partial charge in [-0.05, 0) is 13.3 Å². The number of thiazole rings is 1. The monoisotopic (exact) mass is 321 g/mol. The standard InChI is InChI=1S/C14H23N7S/c1-4-11-8-17-13(22-11)6-7-16-14(15-5-2)18-9-12-20-19-10-21(12)3/h8,10H,4-7,9H2,1-3H3,(H2,15,16,18). The lowest BCUT2D eigenvalue weighted by atomic mass is 10.4. The van der Waals surface area contributed by atoms with E-state index in [2.05, 4.69) is 37.7 Å². The van der Waals surface area contributed by atoms with E-state index in [1.54, 1.807) is 17.7 Å². The zero-order valence-corrected chi connectivity index (χ0v) is 14.2. The topological polar surface area (TPSA) is 80.0 Å². The van der Waals surface area contributed by atoms with E-state index in [0.717, 1.165) is 42.7 Å². The van der Waals surface area contributed by atoms with Crippen molar-refractivity contribution in [3.8, 4) is 0 Å². The third-order valence-corrected chi connectivity index (χ3v) is 4.31. The summed E-state index contributed by atoms with van der Waals surface area (Å²) < 4.78 is 1.87. The number of guanidine groups is 1. The lowest BCUT2D eigenvalue weighted by Crippen LogP contribution is -2.38. The minimum atomic E-state index is 0.503. The average Bonchev–Trinajstić information content (AvgIpc) is 3.13. The lowest BCUT2D eigenvalue weighted by molar-refractivity contribution is 0.762. The average molecular weight is 321 g/mol. The van der Waals surface area contributed by atoms with Gasteiger partial charge in [-0.2, -0.15) is 0 Å². The number of hydrogen-bond donors (Lipinski definition) is 2. The van der Waals surface area contributed by atoms with Crippen molar-refractivity contribution < 1.29 is 0 Å². The zero-order chi connectivity index (χ0) is 15.8. The van der Waals surface area contributed by atoms with Crippen molar-refractivity contribution in [1.29, 1.82) is 0 Å². The van der Waals surface area contributed by atoms with E-state index in [0.29, 0.717) is 6.54 Å². The Labute approximate surface area is 134 Å². The van der Waals surface area contributed by atoms with Crippen LogP contribution in [-0.2, 0) is 26.4 Å². The Morgan fingerprint density at radius 2 is 2.23 bits per heavy atom. The first-order chi connectivity index (χ1) is 10.7. The number of nitrogens with zero attached hydrogens (tertiary/aromatic N) is 5. The second kappa shape index (κ2) is 8.47. The van der Waals surface area contributed by atoms with E-state index in [4.69, 9.17) is 0 Å². The van der Waals surface area contributed by atoms with Gasteiger partial charge < -0.3 is 15.2 Å². The molecule has 2 aromatic heterocycles. The SMILES string of the molecule is CCNC(=NCc1nncn1C)NCCc1ncc(CC)s1. The lowest BCUT2D eigenvalue weighted by Gasteiger charge is -2.10. The molecule has 0 radical (unpaired) electrons. The first-order valence-electron chi connectivity index (χ1n) is 7.51. The largest absolute Gasteiger partial charge is 0.357 e. The highest BCUT2D eigenvalue weighted by molar-refractivity contribution is 7.11. The molecule has 22 heavy (non-hydrogen) atoms. The Morgan fingerprint density at radius 3 is 2.86 bits per heavy atom. The van der Waals surface area contributed by atoms with Crippen LogP contribution in [-0.4, -0.2) is 38.8 Å². The number of rotatable bonds is 7. The Hall–Kier alpha value is -1.96. The smallest absolute Gasteiger partial charge is 0.191 e. The summed E-state index contributed by atoms with van der Waals surface area (Å²) in [5.74, 6) is 1.63. The normalized spacial score (nSPS) is 11.7. The third-order valence-electron chi connectivity index (χ3n) is 3.11. The summed E-state index contributed by atoms with van der Waals surface area (Å²) in [5.41, 5.74) is 0. The van der Waals surface area contributed by atoms with Gasteiger partial charge in [0.15, 0.2) is 11.8 Å². The summed E-state index contributed by atoms with van der Waals surface area (Å²) in [4.78, 5) is 10.3. The minimum Gasteiger partial charge on any atom is -0.357 e.